The summed E-state index contributed by atoms with van der Waals surface area (Å²) in [5.41, 5.74) is 1.39. The van der Waals surface area contributed by atoms with Gasteiger partial charge < -0.3 is 10.3 Å². The maximum Gasteiger partial charge on any atom is 0.253 e. The van der Waals surface area contributed by atoms with Gasteiger partial charge in [-0.3, -0.25) is 4.79 Å². The van der Waals surface area contributed by atoms with Crippen molar-refractivity contribution in [2.24, 2.45) is 0 Å². The molecule has 4 nitrogen and oxygen atoms in total. The molecule has 2 aromatic heterocycles. The molecular formula is C15H12ClN3O. The molecule has 5 heteroatoms. The summed E-state index contributed by atoms with van der Waals surface area (Å²) in [5.74, 6) is 0.644. The van der Waals surface area contributed by atoms with Crippen molar-refractivity contribution in [3.8, 4) is 0 Å². The van der Waals surface area contributed by atoms with Crippen molar-refractivity contribution in [2.45, 2.75) is 6.54 Å². The van der Waals surface area contributed by atoms with Gasteiger partial charge in [-0.2, -0.15) is 0 Å². The Morgan fingerprint density at radius 1 is 1.15 bits per heavy atom. The summed E-state index contributed by atoms with van der Waals surface area (Å²) in [4.78, 5) is 19.0. The predicted octanol–water partition coefficient (Wildman–Crippen LogP) is 3.19. The number of fused-ring (bicyclic) bond motifs is 1. The average Bonchev–Trinajstić information content (AvgIpc) is 2.45. The first kappa shape index (κ1) is 12.7. The summed E-state index contributed by atoms with van der Waals surface area (Å²) in [5, 5.41) is 4.51. The number of hydrogen-bond acceptors (Lipinski definition) is 3. The number of pyridine rings is 2. The Labute approximate surface area is 120 Å². The van der Waals surface area contributed by atoms with E-state index in [1.54, 1.807) is 12.1 Å². The number of para-hydroxylation sites is 1. The van der Waals surface area contributed by atoms with Gasteiger partial charge in [-0.05, 0) is 29.7 Å². The van der Waals surface area contributed by atoms with Crippen molar-refractivity contribution in [1.82, 2.24) is 9.97 Å². The maximum atomic E-state index is 12.0. The zero-order valence-corrected chi connectivity index (χ0v) is 11.3. The molecule has 0 fully saturated rings. The smallest absolute Gasteiger partial charge is 0.253 e. The third-order valence-electron chi connectivity index (χ3n) is 3.01. The van der Waals surface area contributed by atoms with Crippen molar-refractivity contribution < 1.29 is 0 Å². The highest BCUT2D eigenvalue weighted by molar-refractivity contribution is 6.29. The minimum atomic E-state index is -0.0989. The third kappa shape index (κ3) is 2.65. The minimum Gasteiger partial charge on any atom is -0.366 e. The molecule has 0 aliphatic heterocycles. The molecule has 1 aromatic carbocycles. The second-order valence-corrected chi connectivity index (χ2v) is 4.80. The molecule has 0 radical (unpaired) electrons. The largest absolute Gasteiger partial charge is 0.366 e. The Morgan fingerprint density at radius 3 is 2.85 bits per heavy atom. The summed E-state index contributed by atoms with van der Waals surface area (Å²) in [6, 6.07) is 14.9. The molecule has 0 aliphatic carbocycles. The van der Waals surface area contributed by atoms with Gasteiger partial charge in [-0.25, -0.2) is 4.98 Å². The molecular weight excluding hydrogens is 274 g/mol. The number of nitrogens with one attached hydrogen (secondary N) is 2. The number of nitrogens with zero attached hydrogens (tertiary/aromatic N) is 1. The van der Waals surface area contributed by atoms with E-state index in [0.717, 1.165) is 10.9 Å². The lowest BCUT2D eigenvalue weighted by Gasteiger charge is -2.06. The van der Waals surface area contributed by atoms with Crippen LogP contribution in [0.2, 0.25) is 5.15 Å². The van der Waals surface area contributed by atoms with Crippen LogP contribution in [0.1, 0.15) is 5.56 Å². The fraction of sp³-hybridized carbons (Fsp3) is 0.0667. The van der Waals surface area contributed by atoms with Crippen molar-refractivity contribution in [2.75, 3.05) is 5.32 Å². The Hall–Kier alpha value is -2.33. The molecule has 0 unspecified atom stereocenters. The van der Waals surface area contributed by atoms with E-state index >= 15 is 0 Å². The number of halogens is 1. The van der Waals surface area contributed by atoms with Crippen LogP contribution >= 0.6 is 11.6 Å². The van der Waals surface area contributed by atoms with Crippen molar-refractivity contribution >= 4 is 28.3 Å². The molecule has 2 N–H and O–H groups in total. The van der Waals surface area contributed by atoms with E-state index in [1.807, 2.05) is 36.4 Å². The van der Waals surface area contributed by atoms with E-state index in [-0.39, 0.29) is 5.56 Å². The van der Waals surface area contributed by atoms with Gasteiger partial charge in [-0.15, -0.1) is 0 Å². The molecule has 0 saturated heterocycles. The predicted molar refractivity (Wildman–Crippen MR) is 81.1 cm³/mol. The molecule has 2 heterocycles. The second kappa shape index (κ2) is 5.35. The zero-order valence-electron chi connectivity index (χ0n) is 10.6. The van der Waals surface area contributed by atoms with Crippen LogP contribution in [-0.2, 0) is 6.54 Å². The van der Waals surface area contributed by atoms with Gasteiger partial charge in [-0.1, -0.05) is 35.9 Å². The van der Waals surface area contributed by atoms with Gasteiger partial charge in [0, 0.05) is 17.6 Å². The second-order valence-electron chi connectivity index (χ2n) is 4.41. The van der Waals surface area contributed by atoms with Crippen LogP contribution in [0, 0.1) is 0 Å². The van der Waals surface area contributed by atoms with E-state index in [0.29, 0.717) is 23.1 Å². The third-order valence-corrected chi connectivity index (χ3v) is 3.22. The van der Waals surface area contributed by atoms with Crippen LogP contribution < -0.4 is 10.9 Å². The molecule has 3 aromatic rings. The fourth-order valence-electron chi connectivity index (χ4n) is 2.02. The molecule has 0 atom stereocenters. The first-order valence-corrected chi connectivity index (χ1v) is 6.57. The lowest BCUT2D eigenvalue weighted by molar-refractivity contribution is 1.07. The number of anilines is 1. The van der Waals surface area contributed by atoms with Gasteiger partial charge in [0.2, 0.25) is 0 Å². The Kier molecular flexibility index (Phi) is 3.39. The lowest BCUT2D eigenvalue weighted by Crippen LogP contribution is -2.15. The Balaban J connectivity index is 1.87. The maximum absolute atomic E-state index is 12.0. The highest BCUT2D eigenvalue weighted by Gasteiger charge is 2.03. The van der Waals surface area contributed by atoms with Crippen molar-refractivity contribution in [3.63, 3.8) is 0 Å². The molecule has 3 rings (SSSR count). The van der Waals surface area contributed by atoms with Crippen molar-refractivity contribution in [1.29, 1.82) is 0 Å². The van der Waals surface area contributed by atoms with Gasteiger partial charge in [0.15, 0.2) is 0 Å². The monoisotopic (exact) mass is 285 g/mol. The number of benzene rings is 1. The SMILES string of the molecule is O=c1[nH]c2ccccc2cc1CNc1cccc(Cl)n1. The number of aromatic amines is 1. The summed E-state index contributed by atoms with van der Waals surface area (Å²) in [6.45, 7) is 0.396. The summed E-state index contributed by atoms with van der Waals surface area (Å²) in [6.07, 6.45) is 0. The van der Waals surface area contributed by atoms with Crippen LogP contribution in [0.15, 0.2) is 53.3 Å². The van der Waals surface area contributed by atoms with E-state index in [9.17, 15) is 4.79 Å². The standard InChI is InChI=1S/C15H12ClN3O/c16-13-6-3-7-14(19-13)17-9-11-8-10-4-1-2-5-12(10)18-15(11)20/h1-8H,9H2,(H,17,19)(H,18,20). The molecule has 0 saturated carbocycles. The normalized spacial score (nSPS) is 10.7. The summed E-state index contributed by atoms with van der Waals surface area (Å²) in [7, 11) is 0. The number of aromatic nitrogens is 2. The number of hydrogen-bond donors (Lipinski definition) is 2. The van der Waals surface area contributed by atoms with E-state index in [2.05, 4.69) is 15.3 Å². The van der Waals surface area contributed by atoms with Gasteiger partial charge in [0.25, 0.3) is 5.56 Å². The van der Waals surface area contributed by atoms with Crippen molar-refractivity contribution in [3.05, 3.63) is 69.6 Å². The Bertz CT molecular complexity index is 813. The molecule has 0 bridgehead atoms. The number of rotatable bonds is 3. The molecule has 100 valence electrons. The lowest BCUT2D eigenvalue weighted by atomic mass is 10.1. The van der Waals surface area contributed by atoms with E-state index in [1.165, 1.54) is 0 Å². The summed E-state index contributed by atoms with van der Waals surface area (Å²) >= 11 is 5.82. The van der Waals surface area contributed by atoms with Crippen LogP contribution in [-0.4, -0.2) is 9.97 Å². The van der Waals surface area contributed by atoms with Crippen LogP contribution in [0.5, 0.6) is 0 Å². The first-order valence-electron chi connectivity index (χ1n) is 6.20. The fourth-order valence-corrected chi connectivity index (χ4v) is 2.18. The van der Waals surface area contributed by atoms with E-state index < -0.39 is 0 Å². The van der Waals surface area contributed by atoms with Gasteiger partial charge >= 0.3 is 0 Å². The van der Waals surface area contributed by atoms with Crippen LogP contribution in [0.4, 0.5) is 5.82 Å². The highest BCUT2D eigenvalue weighted by atomic mass is 35.5. The minimum absolute atomic E-state index is 0.0989. The zero-order chi connectivity index (χ0) is 13.9. The quantitative estimate of drug-likeness (QED) is 0.727. The molecule has 0 spiro atoms. The van der Waals surface area contributed by atoms with Crippen LogP contribution in [0.3, 0.4) is 0 Å². The summed E-state index contributed by atoms with van der Waals surface area (Å²) < 4.78 is 0. The highest BCUT2D eigenvalue weighted by Crippen LogP contribution is 2.12. The van der Waals surface area contributed by atoms with Crippen LogP contribution in [0.25, 0.3) is 10.9 Å². The molecule has 20 heavy (non-hydrogen) atoms. The van der Waals surface area contributed by atoms with Gasteiger partial charge in [0.1, 0.15) is 11.0 Å². The number of H-pyrrole nitrogens is 1. The Morgan fingerprint density at radius 2 is 2.00 bits per heavy atom. The van der Waals surface area contributed by atoms with Gasteiger partial charge in [0.05, 0.1) is 0 Å². The molecule has 0 aliphatic rings. The molecule has 0 amide bonds. The van der Waals surface area contributed by atoms with E-state index in [4.69, 9.17) is 11.6 Å². The average molecular weight is 286 g/mol. The topological polar surface area (TPSA) is 57.8 Å². The first-order chi connectivity index (χ1) is 9.72.